The van der Waals surface area contributed by atoms with E-state index in [9.17, 15) is 0 Å². The lowest BCUT2D eigenvalue weighted by atomic mass is 10.2. The zero-order valence-corrected chi connectivity index (χ0v) is 18.0. The van der Waals surface area contributed by atoms with Crippen molar-refractivity contribution in [2.75, 3.05) is 38.6 Å². The molecule has 0 amide bonds. The molecule has 5 nitrogen and oxygen atoms in total. The number of nitrogens with zero attached hydrogens (tertiary/aromatic N) is 2. The van der Waals surface area contributed by atoms with Gasteiger partial charge in [0, 0.05) is 17.9 Å². The first-order valence-corrected chi connectivity index (χ1v) is 11.7. The van der Waals surface area contributed by atoms with Gasteiger partial charge in [-0.05, 0) is 62.3 Å². The second kappa shape index (κ2) is 11.1. The smallest absolute Gasteiger partial charge is 0.204 e. The molecule has 1 saturated heterocycles. The molecule has 0 spiro atoms. The largest absolute Gasteiger partial charge is 0.493 e. The van der Waals surface area contributed by atoms with Crippen molar-refractivity contribution in [2.24, 2.45) is 0 Å². The van der Waals surface area contributed by atoms with Crippen LogP contribution in [0.1, 0.15) is 18.7 Å². The Balaban J connectivity index is 1.17. The Bertz CT molecular complexity index is 877. The third-order valence-electron chi connectivity index (χ3n) is 5.03. The number of para-hydroxylation sites is 1. The van der Waals surface area contributed by atoms with E-state index in [0.29, 0.717) is 6.61 Å². The highest BCUT2D eigenvalue weighted by Gasteiger charge is 2.11. The van der Waals surface area contributed by atoms with Crippen molar-refractivity contribution in [3.63, 3.8) is 0 Å². The topological polar surface area (TPSA) is 47.7 Å². The van der Waals surface area contributed by atoms with Gasteiger partial charge in [-0.15, -0.1) is 11.8 Å². The first-order valence-electron chi connectivity index (χ1n) is 10.5. The van der Waals surface area contributed by atoms with E-state index < -0.39 is 0 Å². The summed E-state index contributed by atoms with van der Waals surface area (Å²) in [6.45, 7) is 4.81. The molecule has 0 aliphatic carbocycles. The maximum atomic E-state index is 5.90. The van der Waals surface area contributed by atoms with Crippen LogP contribution in [0.25, 0.3) is 11.3 Å². The SMILES string of the molecule is c1ccc(OCCSCc2ncc(-c3ccc(OCCN4CCCC4)cc3)o2)cc1. The quantitative estimate of drug-likeness (QED) is 0.398. The number of oxazole rings is 1. The molecule has 30 heavy (non-hydrogen) atoms. The Morgan fingerprint density at radius 1 is 0.900 bits per heavy atom. The van der Waals surface area contributed by atoms with E-state index in [0.717, 1.165) is 53.4 Å². The van der Waals surface area contributed by atoms with Crippen LogP contribution in [0.4, 0.5) is 0 Å². The Kier molecular flexibility index (Phi) is 7.69. The van der Waals surface area contributed by atoms with Gasteiger partial charge in [-0.2, -0.15) is 0 Å². The van der Waals surface area contributed by atoms with E-state index in [4.69, 9.17) is 13.9 Å². The second-order valence-corrected chi connectivity index (χ2v) is 8.36. The van der Waals surface area contributed by atoms with Gasteiger partial charge in [-0.1, -0.05) is 18.2 Å². The summed E-state index contributed by atoms with van der Waals surface area (Å²) in [4.78, 5) is 6.85. The third kappa shape index (κ3) is 6.28. The lowest BCUT2D eigenvalue weighted by Crippen LogP contribution is -2.25. The Morgan fingerprint density at radius 2 is 1.63 bits per heavy atom. The molecule has 3 aromatic rings. The van der Waals surface area contributed by atoms with E-state index in [1.807, 2.05) is 54.6 Å². The van der Waals surface area contributed by atoms with Gasteiger partial charge < -0.3 is 13.9 Å². The van der Waals surface area contributed by atoms with E-state index in [-0.39, 0.29) is 0 Å². The number of likely N-dealkylation sites (tertiary alicyclic amines) is 1. The fraction of sp³-hybridized carbons (Fsp3) is 0.375. The summed E-state index contributed by atoms with van der Waals surface area (Å²) >= 11 is 1.75. The molecule has 0 atom stereocenters. The summed E-state index contributed by atoms with van der Waals surface area (Å²) in [5.74, 6) is 4.94. The van der Waals surface area contributed by atoms with Gasteiger partial charge in [0.25, 0.3) is 0 Å². The molecule has 1 aromatic heterocycles. The second-order valence-electron chi connectivity index (χ2n) is 7.25. The molecule has 6 heteroatoms. The predicted octanol–water partition coefficient (Wildman–Crippen LogP) is 5.13. The molecular formula is C24H28N2O3S. The van der Waals surface area contributed by atoms with Crippen molar-refractivity contribution in [3.8, 4) is 22.8 Å². The zero-order valence-electron chi connectivity index (χ0n) is 17.2. The highest BCUT2D eigenvalue weighted by molar-refractivity contribution is 7.98. The van der Waals surface area contributed by atoms with Crippen molar-refractivity contribution < 1.29 is 13.9 Å². The minimum absolute atomic E-state index is 0.668. The minimum Gasteiger partial charge on any atom is -0.493 e. The van der Waals surface area contributed by atoms with Crippen molar-refractivity contribution in [1.82, 2.24) is 9.88 Å². The van der Waals surface area contributed by atoms with Crippen LogP contribution in [0, 0.1) is 0 Å². The molecule has 2 heterocycles. The number of thioether (sulfide) groups is 1. The Labute approximate surface area is 182 Å². The molecule has 4 rings (SSSR count). The average Bonchev–Trinajstić information content (AvgIpc) is 3.47. The molecule has 1 aliphatic heterocycles. The Morgan fingerprint density at radius 3 is 2.43 bits per heavy atom. The fourth-order valence-corrected chi connectivity index (χ4v) is 4.07. The van der Waals surface area contributed by atoms with Gasteiger partial charge in [0.1, 0.15) is 18.1 Å². The normalized spacial score (nSPS) is 14.1. The van der Waals surface area contributed by atoms with Crippen molar-refractivity contribution in [3.05, 3.63) is 66.7 Å². The molecule has 0 N–H and O–H groups in total. The van der Waals surface area contributed by atoms with Crippen molar-refractivity contribution >= 4 is 11.8 Å². The number of benzene rings is 2. The van der Waals surface area contributed by atoms with Crippen LogP contribution in [0.5, 0.6) is 11.5 Å². The number of hydrogen-bond acceptors (Lipinski definition) is 6. The van der Waals surface area contributed by atoms with Crippen molar-refractivity contribution in [1.29, 1.82) is 0 Å². The monoisotopic (exact) mass is 424 g/mol. The molecular weight excluding hydrogens is 396 g/mol. The number of aromatic nitrogens is 1. The minimum atomic E-state index is 0.668. The summed E-state index contributed by atoms with van der Waals surface area (Å²) in [6.07, 6.45) is 4.42. The highest BCUT2D eigenvalue weighted by Crippen LogP contribution is 2.24. The van der Waals surface area contributed by atoms with Gasteiger partial charge in [-0.25, -0.2) is 4.98 Å². The van der Waals surface area contributed by atoms with Gasteiger partial charge >= 0.3 is 0 Å². The van der Waals surface area contributed by atoms with Crippen molar-refractivity contribution in [2.45, 2.75) is 18.6 Å². The lowest BCUT2D eigenvalue weighted by Gasteiger charge is -2.14. The first kappa shape index (κ1) is 20.8. The first-order chi connectivity index (χ1) is 14.9. The van der Waals surface area contributed by atoms with E-state index in [1.54, 1.807) is 18.0 Å². The maximum Gasteiger partial charge on any atom is 0.204 e. The van der Waals surface area contributed by atoms with Gasteiger partial charge in [0.15, 0.2) is 5.76 Å². The standard InChI is InChI=1S/C24H28N2O3S/c1-2-6-21(7-3-1)28-16-17-30-19-24-25-18-23(29-24)20-8-10-22(11-9-20)27-15-14-26-12-4-5-13-26/h1-3,6-11,18H,4-5,12-17,19H2. The number of rotatable bonds is 11. The molecule has 158 valence electrons. The molecule has 1 aliphatic rings. The van der Waals surface area contributed by atoms with Crippen LogP contribution >= 0.6 is 11.8 Å². The summed E-state index contributed by atoms with van der Waals surface area (Å²) in [6, 6.07) is 17.9. The molecule has 1 fully saturated rings. The van der Waals surface area contributed by atoms with Gasteiger partial charge in [0.2, 0.25) is 5.89 Å². The average molecular weight is 425 g/mol. The van der Waals surface area contributed by atoms with Crippen LogP contribution in [-0.4, -0.2) is 48.5 Å². The van der Waals surface area contributed by atoms with E-state index in [2.05, 4.69) is 9.88 Å². The number of ether oxygens (including phenoxy) is 2. The molecule has 0 saturated carbocycles. The van der Waals surface area contributed by atoms with Crippen LogP contribution in [-0.2, 0) is 5.75 Å². The van der Waals surface area contributed by atoms with Crippen LogP contribution in [0.15, 0.2) is 65.2 Å². The zero-order chi connectivity index (χ0) is 20.4. The van der Waals surface area contributed by atoms with Gasteiger partial charge in [-0.3, -0.25) is 4.90 Å². The van der Waals surface area contributed by atoms with Crippen LogP contribution in [0.2, 0.25) is 0 Å². The van der Waals surface area contributed by atoms with Crippen LogP contribution in [0.3, 0.4) is 0 Å². The van der Waals surface area contributed by atoms with E-state index in [1.165, 1.54) is 25.9 Å². The highest BCUT2D eigenvalue weighted by atomic mass is 32.2. The third-order valence-corrected chi connectivity index (χ3v) is 5.94. The van der Waals surface area contributed by atoms with Gasteiger partial charge in [0.05, 0.1) is 18.6 Å². The maximum absolute atomic E-state index is 5.90. The summed E-state index contributed by atoms with van der Waals surface area (Å²) < 4.78 is 17.5. The summed E-state index contributed by atoms with van der Waals surface area (Å²) in [5.41, 5.74) is 1.01. The van der Waals surface area contributed by atoms with Crippen LogP contribution < -0.4 is 9.47 Å². The molecule has 0 bridgehead atoms. The molecule has 0 radical (unpaired) electrons. The predicted molar refractivity (Wildman–Crippen MR) is 121 cm³/mol. The Hall–Kier alpha value is -2.44. The van der Waals surface area contributed by atoms with E-state index >= 15 is 0 Å². The molecule has 0 unspecified atom stereocenters. The summed E-state index contributed by atoms with van der Waals surface area (Å²) in [5, 5.41) is 0. The lowest BCUT2D eigenvalue weighted by molar-refractivity contribution is 0.238. The number of hydrogen-bond donors (Lipinski definition) is 0. The molecule has 2 aromatic carbocycles. The fourth-order valence-electron chi connectivity index (χ4n) is 3.42. The summed E-state index contributed by atoms with van der Waals surface area (Å²) in [7, 11) is 0.